The van der Waals surface area contributed by atoms with Gasteiger partial charge in [0, 0.05) is 58.0 Å². The number of benzene rings is 2. The van der Waals surface area contributed by atoms with Crippen molar-refractivity contribution in [2.45, 2.75) is 70.6 Å². The number of carbonyl (C=O) groups is 1. The van der Waals surface area contributed by atoms with Crippen LogP contribution in [-0.2, 0) is 17.6 Å². The van der Waals surface area contributed by atoms with Gasteiger partial charge in [-0.15, -0.1) is 0 Å². The number of alkyl halides is 1. The van der Waals surface area contributed by atoms with Crippen LogP contribution in [0, 0.1) is 11.3 Å². The summed E-state index contributed by atoms with van der Waals surface area (Å²) in [5.74, 6) is -0.644. The molecule has 2 heterocycles. The predicted octanol–water partition coefficient (Wildman–Crippen LogP) is 5.64. The lowest BCUT2D eigenvalue weighted by molar-refractivity contribution is -0.108. The minimum absolute atomic E-state index is 0.0147. The van der Waals surface area contributed by atoms with Crippen molar-refractivity contribution in [3.63, 3.8) is 0 Å². The molecule has 2 aliphatic heterocycles. The molecule has 2 aromatic rings. The van der Waals surface area contributed by atoms with Crippen molar-refractivity contribution in [2.75, 3.05) is 39.8 Å². The molecular weight excluding hydrogens is 518 g/mol. The summed E-state index contributed by atoms with van der Waals surface area (Å²) in [6.45, 7) is 10.7. The Morgan fingerprint density at radius 1 is 1.05 bits per heavy atom. The third kappa shape index (κ3) is 6.07. The second kappa shape index (κ2) is 11.8. The molecule has 3 unspecified atom stereocenters. The Hall–Kier alpha value is -2.77. The van der Waals surface area contributed by atoms with Gasteiger partial charge in [0.25, 0.3) is 0 Å². The molecular formula is C34H46F2N4O. The zero-order valence-corrected chi connectivity index (χ0v) is 25.1. The molecule has 0 radical (unpaired) electrons. The third-order valence-electron chi connectivity index (χ3n) is 9.69. The van der Waals surface area contributed by atoms with Crippen LogP contribution in [0.3, 0.4) is 0 Å². The fourth-order valence-electron chi connectivity index (χ4n) is 7.29. The molecule has 5 nitrogen and oxygen atoms in total. The first-order valence-electron chi connectivity index (χ1n) is 15.1. The summed E-state index contributed by atoms with van der Waals surface area (Å²) in [7, 11) is 2.20. The highest BCUT2D eigenvalue weighted by Crippen LogP contribution is 2.45. The lowest BCUT2D eigenvalue weighted by atomic mass is 9.83. The van der Waals surface area contributed by atoms with E-state index in [1.807, 2.05) is 18.2 Å². The predicted molar refractivity (Wildman–Crippen MR) is 161 cm³/mol. The summed E-state index contributed by atoms with van der Waals surface area (Å²) in [6, 6.07) is 16.8. The summed E-state index contributed by atoms with van der Waals surface area (Å²) in [5.41, 5.74) is 8.23. The topological polar surface area (TPSA) is 52.8 Å². The average molecular weight is 565 g/mol. The lowest BCUT2D eigenvalue weighted by Gasteiger charge is -2.48. The largest absolute Gasteiger partial charge is 0.383 e. The first-order chi connectivity index (χ1) is 19.5. The number of nitrogens with zero attached hydrogens (tertiary/aromatic N) is 3. The molecule has 1 aliphatic carbocycles. The normalized spacial score (nSPS) is 26.0. The van der Waals surface area contributed by atoms with Gasteiger partial charge in [-0.2, -0.15) is 0 Å². The Kier molecular flexibility index (Phi) is 8.58. The molecule has 0 amide bonds. The maximum absolute atomic E-state index is 16.7. The van der Waals surface area contributed by atoms with E-state index in [-0.39, 0.29) is 30.1 Å². The molecule has 0 saturated carbocycles. The van der Waals surface area contributed by atoms with E-state index in [1.54, 1.807) is 4.90 Å². The molecule has 222 valence electrons. The lowest BCUT2D eigenvalue weighted by Crippen LogP contribution is -2.57. The Balaban J connectivity index is 1.46. The van der Waals surface area contributed by atoms with Gasteiger partial charge in [-0.1, -0.05) is 69.3 Å². The van der Waals surface area contributed by atoms with Crippen molar-refractivity contribution in [1.82, 2.24) is 14.7 Å². The minimum atomic E-state index is -2.17. The van der Waals surface area contributed by atoms with Gasteiger partial charge in [0.05, 0.1) is 6.04 Å². The van der Waals surface area contributed by atoms with Crippen LogP contribution in [0.1, 0.15) is 68.3 Å². The summed E-state index contributed by atoms with van der Waals surface area (Å²) in [4.78, 5) is 17.6. The van der Waals surface area contributed by atoms with Crippen molar-refractivity contribution in [3.8, 4) is 0 Å². The Morgan fingerprint density at radius 3 is 2.41 bits per heavy atom. The first-order valence-corrected chi connectivity index (χ1v) is 15.1. The van der Waals surface area contributed by atoms with Gasteiger partial charge in [-0.25, -0.2) is 8.78 Å². The van der Waals surface area contributed by atoms with Gasteiger partial charge in [0.15, 0.2) is 11.5 Å². The van der Waals surface area contributed by atoms with Crippen LogP contribution in [0.2, 0.25) is 0 Å². The van der Waals surface area contributed by atoms with Gasteiger partial charge >= 0.3 is 0 Å². The van der Waals surface area contributed by atoms with Crippen LogP contribution in [-0.4, -0.2) is 72.5 Å². The van der Waals surface area contributed by atoms with E-state index >= 15 is 8.78 Å². The quantitative estimate of drug-likeness (QED) is 0.441. The van der Waals surface area contributed by atoms with E-state index in [0.29, 0.717) is 31.5 Å². The highest BCUT2D eigenvalue weighted by atomic mass is 19.2. The number of rotatable bonds is 7. The Bertz CT molecular complexity index is 1250. The first kappa shape index (κ1) is 29.7. The number of allylic oxidation sites excluding steroid dienone is 1. The number of piperazine rings is 1. The fraction of sp³-hybridized carbons (Fsp3) is 0.559. The van der Waals surface area contributed by atoms with Crippen LogP contribution < -0.4 is 5.73 Å². The van der Waals surface area contributed by atoms with Crippen molar-refractivity contribution >= 4 is 6.29 Å². The summed E-state index contributed by atoms with van der Waals surface area (Å²) >= 11 is 0. The van der Waals surface area contributed by atoms with Crippen LogP contribution in [0.25, 0.3) is 0 Å². The molecule has 0 bridgehead atoms. The van der Waals surface area contributed by atoms with Crippen LogP contribution in [0.15, 0.2) is 60.2 Å². The second-order valence-corrected chi connectivity index (χ2v) is 13.5. The van der Waals surface area contributed by atoms with Gasteiger partial charge in [0.2, 0.25) is 0 Å². The molecule has 2 fully saturated rings. The fourth-order valence-corrected chi connectivity index (χ4v) is 7.29. The second-order valence-electron chi connectivity index (χ2n) is 13.5. The molecule has 2 saturated heterocycles. The van der Waals surface area contributed by atoms with E-state index in [4.69, 9.17) is 5.73 Å². The molecule has 3 aliphatic rings. The number of aldehydes is 1. The maximum Gasteiger partial charge on any atom is 0.178 e. The minimum Gasteiger partial charge on any atom is -0.383 e. The zero-order chi connectivity index (χ0) is 29.4. The van der Waals surface area contributed by atoms with E-state index < -0.39 is 11.5 Å². The summed E-state index contributed by atoms with van der Waals surface area (Å²) < 4.78 is 32.6. The zero-order valence-electron chi connectivity index (χ0n) is 25.1. The van der Waals surface area contributed by atoms with Crippen molar-refractivity contribution < 1.29 is 13.6 Å². The number of likely N-dealkylation sites (N-methyl/N-ethyl adjacent to an activating group) is 1. The van der Waals surface area contributed by atoms with Gasteiger partial charge in [-0.05, 0) is 53.5 Å². The van der Waals surface area contributed by atoms with Gasteiger partial charge in [-0.3, -0.25) is 4.90 Å². The third-order valence-corrected chi connectivity index (χ3v) is 9.69. The number of nitrogens with two attached hydrogens (primary N) is 1. The van der Waals surface area contributed by atoms with E-state index in [1.165, 1.54) is 5.56 Å². The monoisotopic (exact) mass is 564 g/mol. The molecule has 2 N–H and O–H groups in total. The number of halogens is 2. The van der Waals surface area contributed by atoms with Crippen LogP contribution >= 0.6 is 0 Å². The maximum atomic E-state index is 16.7. The van der Waals surface area contributed by atoms with Gasteiger partial charge in [0.1, 0.15) is 12.1 Å². The molecule has 7 heteroatoms. The molecule has 5 rings (SSSR count). The van der Waals surface area contributed by atoms with Gasteiger partial charge < -0.3 is 20.3 Å². The van der Waals surface area contributed by atoms with Crippen molar-refractivity contribution in [2.24, 2.45) is 17.1 Å². The molecule has 3 atom stereocenters. The standard InChI is InChI=1S/C34H46F2N4O/c1-33(2,3)29-23-40(19-18-38(29)4)30(25-9-6-5-7-10-25)27-12-8-11-26-21-34(36,22-28(26)27)31(35)32(37)39-16-13-24(14-17-39)15-20-41/h5-12,20,24,29-30H,13-19,21-23,37H2,1-4H3/b32-31-. The molecule has 0 aromatic heterocycles. The van der Waals surface area contributed by atoms with Crippen molar-refractivity contribution in [1.29, 1.82) is 0 Å². The summed E-state index contributed by atoms with van der Waals surface area (Å²) in [5, 5.41) is 0. The number of likely N-dealkylation sites (tertiary alicyclic amines) is 1. The number of hydrogen-bond acceptors (Lipinski definition) is 5. The molecule has 0 spiro atoms. The van der Waals surface area contributed by atoms with E-state index in [9.17, 15) is 4.79 Å². The number of hydrogen-bond donors (Lipinski definition) is 1. The van der Waals surface area contributed by atoms with E-state index in [0.717, 1.165) is 55.5 Å². The molecule has 41 heavy (non-hydrogen) atoms. The number of fused-ring (bicyclic) bond motifs is 1. The highest BCUT2D eigenvalue weighted by molar-refractivity contribution is 5.50. The van der Waals surface area contributed by atoms with Crippen LogP contribution in [0.5, 0.6) is 0 Å². The number of piperidine rings is 1. The number of carbonyl (C=O) groups excluding carboxylic acids is 1. The Labute approximate surface area is 244 Å². The molecule has 2 aromatic carbocycles. The average Bonchev–Trinajstić information content (AvgIpc) is 3.32. The van der Waals surface area contributed by atoms with Crippen molar-refractivity contribution in [3.05, 3.63) is 82.4 Å². The van der Waals surface area contributed by atoms with Crippen LogP contribution in [0.4, 0.5) is 8.78 Å². The highest BCUT2D eigenvalue weighted by Gasteiger charge is 2.46. The smallest absolute Gasteiger partial charge is 0.178 e. The summed E-state index contributed by atoms with van der Waals surface area (Å²) in [6.07, 6.45) is 2.94. The Morgan fingerprint density at radius 2 is 1.76 bits per heavy atom. The SMILES string of the molecule is CN1CCN(C(c2ccccc2)c2cccc3c2CC(F)(/C(F)=C(\N)N2CCC(CC=O)CC2)C3)CC1C(C)(C)C. The van der Waals surface area contributed by atoms with E-state index in [2.05, 4.69) is 68.0 Å².